The fourth-order valence-corrected chi connectivity index (χ4v) is 1.49. The molecular formula is C9H15N. The quantitative estimate of drug-likeness (QED) is 0.590. The molecule has 0 spiro atoms. The zero-order valence-electron chi connectivity index (χ0n) is 6.61. The Morgan fingerprint density at radius 1 is 1.40 bits per heavy atom. The van der Waals surface area contributed by atoms with Gasteiger partial charge in [-0.2, -0.15) is 0 Å². The predicted octanol–water partition coefficient (Wildman–Crippen LogP) is 2.35. The standard InChI is InChI=1S/C9H15N/c1-7-5-3-4-6-9(7)8(2)10/h2-6,10H2,1H3. The Morgan fingerprint density at radius 3 is 2.40 bits per heavy atom. The topological polar surface area (TPSA) is 26.0 Å². The molecule has 0 amide bonds. The zero-order chi connectivity index (χ0) is 7.56. The molecule has 1 rings (SSSR count). The molecular weight excluding hydrogens is 122 g/mol. The number of allylic oxidation sites excluding steroid dienone is 2. The maximum absolute atomic E-state index is 5.61. The first-order chi connectivity index (χ1) is 4.72. The Bertz CT molecular complexity index is 177. The SMILES string of the molecule is C=C(N)C1=C(C)CCCC1. The van der Waals surface area contributed by atoms with E-state index < -0.39 is 0 Å². The van der Waals surface area contributed by atoms with Crippen molar-refractivity contribution in [1.29, 1.82) is 0 Å². The molecule has 0 unspecified atom stereocenters. The highest BCUT2D eigenvalue weighted by atomic mass is 14.6. The number of nitrogens with two attached hydrogens (primary N) is 1. The third-order valence-electron chi connectivity index (χ3n) is 2.13. The van der Waals surface area contributed by atoms with Crippen LogP contribution in [-0.2, 0) is 0 Å². The second-order valence-corrected chi connectivity index (χ2v) is 2.99. The highest BCUT2D eigenvalue weighted by molar-refractivity contribution is 5.31. The van der Waals surface area contributed by atoms with Gasteiger partial charge in [0.2, 0.25) is 0 Å². The second kappa shape index (κ2) is 2.91. The molecule has 0 aromatic rings. The summed E-state index contributed by atoms with van der Waals surface area (Å²) in [6.07, 6.45) is 4.96. The van der Waals surface area contributed by atoms with Gasteiger partial charge in [-0.05, 0) is 38.2 Å². The molecule has 0 aromatic carbocycles. The van der Waals surface area contributed by atoms with Gasteiger partial charge in [0.15, 0.2) is 0 Å². The summed E-state index contributed by atoms with van der Waals surface area (Å²) in [7, 11) is 0. The number of hydrogen-bond acceptors (Lipinski definition) is 1. The van der Waals surface area contributed by atoms with Crippen LogP contribution in [0.25, 0.3) is 0 Å². The molecule has 1 aliphatic carbocycles. The van der Waals surface area contributed by atoms with E-state index in [1.54, 1.807) is 0 Å². The maximum atomic E-state index is 5.61. The summed E-state index contributed by atoms with van der Waals surface area (Å²) in [5.74, 6) is 0. The van der Waals surface area contributed by atoms with E-state index in [4.69, 9.17) is 5.73 Å². The minimum Gasteiger partial charge on any atom is -0.399 e. The Hall–Kier alpha value is -0.720. The maximum Gasteiger partial charge on any atom is 0.0272 e. The molecule has 0 saturated carbocycles. The van der Waals surface area contributed by atoms with Crippen LogP contribution in [0.2, 0.25) is 0 Å². The predicted molar refractivity (Wildman–Crippen MR) is 44.5 cm³/mol. The van der Waals surface area contributed by atoms with Crippen molar-refractivity contribution in [3.63, 3.8) is 0 Å². The number of rotatable bonds is 1. The van der Waals surface area contributed by atoms with Gasteiger partial charge in [-0.3, -0.25) is 0 Å². The van der Waals surface area contributed by atoms with Crippen molar-refractivity contribution < 1.29 is 0 Å². The second-order valence-electron chi connectivity index (χ2n) is 2.99. The molecule has 1 nitrogen and oxygen atoms in total. The summed E-state index contributed by atoms with van der Waals surface area (Å²) < 4.78 is 0. The van der Waals surface area contributed by atoms with E-state index in [-0.39, 0.29) is 0 Å². The highest BCUT2D eigenvalue weighted by Gasteiger charge is 2.08. The zero-order valence-corrected chi connectivity index (χ0v) is 6.61. The Kier molecular flexibility index (Phi) is 2.15. The average molecular weight is 137 g/mol. The van der Waals surface area contributed by atoms with E-state index in [9.17, 15) is 0 Å². The van der Waals surface area contributed by atoms with E-state index in [0.717, 1.165) is 12.1 Å². The van der Waals surface area contributed by atoms with Gasteiger partial charge >= 0.3 is 0 Å². The average Bonchev–Trinajstić information content (AvgIpc) is 1.88. The molecule has 0 saturated heterocycles. The summed E-state index contributed by atoms with van der Waals surface area (Å²) in [4.78, 5) is 0. The number of hydrogen-bond donors (Lipinski definition) is 1. The Morgan fingerprint density at radius 2 is 2.00 bits per heavy atom. The third kappa shape index (κ3) is 1.41. The summed E-state index contributed by atoms with van der Waals surface area (Å²) >= 11 is 0. The molecule has 1 aliphatic rings. The fourth-order valence-electron chi connectivity index (χ4n) is 1.49. The normalized spacial score (nSPS) is 19.3. The van der Waals surface area contributed by atoms with E-state index in [1.807, 2.05) is 0 Å². The molecule has 0 bridgehead atoms. The van der Waals surface area contributed by atoms with Crippen LogP contribution in [0.4, 0.5) is 0 Å². The van der Waals surface area contributed by atoms with Crippen molar-refractivity contribution in [3.8, 4) is 0 Å². The molecule has 2 N–H and O–H groups in total. The van der Waals surface area contributed by atoms with Crippen molar-refractivity contribution in [2.45, 2.75) is 32.6 Å². The van der Waals surface area contributed by atoms with Crippen LogP contribution >= 0.6 is 0 Å². The smallest absolute Gasteiger partial charge is 0.0272 e. The van der Waals surface area contributed by atoms with Gasteiger partial charge in [-0.15, -0.1) is 0 Å². The van der Waals surface area contributed by atoms with E-state index in [2.05, 4.69) is 13.5 Å². The van der Waals surface area contributed by atoms with Crippen molar-refractivity contribution in [2.24, 2.45) is 5.73 Å². The van der Waals surface area contributed by atoms with E-state index in [0.29, 0.717) is 0 Å². The molecule has 0 fully saturated rings. The van der Waals surface area contributed by atoms with Crippen molar-refractivity contribution in [3.05, 3.63) is 23.4 Å². The molecule has 0 atom stereocenters. The third-order valence-corrected chi connectivity index (χ3v) is 2.13. The Balaban J connectivity index is 2.78. The first kappa shape index (κ1) is 7.39. The van der Waals surface area contributed by atoms with Gasteiger partial charge in [-0.25, -0.2) is 0 Å². The molecule has 0 aromatic heterocycles. The van der Waals surface area contributed by atoms with Gasteiger partial charge in [-0.1, -0.05) is 12.2 Å². The Labute approximate surface area is 62.6 Å². The molecule has 0 heterocycles. The van der Waals surface area contributed by atoms with Crippen LogP contribution in [0.5, 0.6) is 0 Å². The lowest BCUT2D eigenvalue weighted by molar-refractivity contribution is 0.676. The van der Waals surface area contributed by atoms with Crippen LogP contribution in [0.3, 0.4) is 0 Å². The monoisotopic (exact) mass is 137 g/mol. The van der Waals surface area contributed by atoms with E-state index >= 15 is 0 Å². The first-order valence-electron chi connectivity index (χ1n) is 3.85. The molecule has 10 heavy (non-hydrogen) atoms. The highest BCUT2D eigenvalue weighted by Crippen LogP contribution is 2.26. The van der Waals surface area contributed by atoms with Gasteiger partial charge in [0.25, 0.3) is 0 Å². The van der Waals surface area contributed by atoms with Crippen molar-refractivity contribution >= 4 is 0 Å². The summed E-state index contributed by atoms with van der Waals surface area (Å²) in [6.45, 7) is 5.91. The largest absolute Gasteiger partial charge is 0.399 e. The lowest BCUT2D eigenvalue weighted by Gasteiger charge is -2.16. The summed E-state index contributed by atoms with van der Waals surface area (Å²) in [6, 6.07) is 0. The van der Waals surface area contributed by atoms with Gasteiger partial charge in [0, 0.05) is 5.70 Å². The van der Waals surface area contributed by atoms with Gasteiger partial charge in [0.05, 0.1) is 0 Å². The summed E-state index contributed by atoms with van der Waals surface area (Å²) in [5.41, 5.74) is 9.14. The van der Waals surface area contributed by atoms with Crippen molar-refractivity contribution in [1.82, 2.24) is 0 Å². The van der Waals surface area contributed by atoms with Crippen LogP contribution < -0.4 is 5.73 Å². The minimum atomic E-state index is 0.775. The van der Waals surface area contributed by atoms with Crippen LogP contribution in [0.15, 0.2) is 23.4 Å². The van der Waals surface area contributed by atoms with Crippen LogP contribution in [0, 0.1) is 0 Å². The lowest BCUT2D eigenvalue weighted by Crippen LogP contribution is -2.05. The minimum absolute atomic E-state index is 0.775. The first-order valence-corrected chi connectivity index (χ1v) is 3.85. The summed E-state index contributed by atoms with van der Waals surface area (Å²) in [5, 5.41) is 0. The van der Waals surface area contributed by atoms with Gasteiger partial charge in [0.1, 0.15) is 0 Å². The molecule has 1 heteroatoms. The van der Waals surface area contributed by atoms with Crippen molar-refractivity contribution in [2.75, 3.05) is 0 Å². The van der Waals surface area contributed by atoms with Gasteiger partial charge < -0.3 is 5.73 Å². The van der Waals surface area contributed by atoms with E-state index in [1.165, 1.54) is 30.4 Å². The molecule has 0 aliphatic heterocycles. The molecule has 0 radical (unpaired) electrons. The van der Waals surface area contributed by atoms with Crippen LogP contribution in [-0.4, -0.2) is 0 Å². The molecule has 56 valence electrons. The fraction of sp³-hybridized carbons (Fsp3) is 0.556. The lowest BCUT2D eigenvalue weighted by atomic mass is 9.91. The van der Waals surface area contributed by atoms with Crippen LogP contribution in [0.1, 0.15) is 32.6 Å².